The second kappa shape index (κ2) is 8.37. The summed E-state index contributed by atoms with van der Waals surface area (Å²) in [6, 6.07) is 11.4. The summed E-state index contributed by atoms with van der Waals surface area (Å²) < 4.78 is 1.87. The van der Waals surface area contributed by atoms with E-state index in [1.165, 1.54) is 23.5 Å². The number of carbonyl (C=O) groups excluding carboxylic acids is 1. The molecule has 1 aromatic carbocycles. The number of thiazole rings is 1. The summed E-state index contributed by atoms with van der Waals surface area (Å²) >= 11 is 1.31. The molecule has 0 saturated carbocycles. The van der Waals surface area contributed by atoms with Crippen molar-refractivity contribution in [2.24, 2.45) is 0 Å². The smallest absolute Gasteiger partial charge is 0.271 e. The fraction of sp³-hybridized carbons (Fsp3) is 0.200. The highest BCUT2D eigenvalue weighted by Crippen LogP contribution is 2.26. The van der Waals surface area contributed by atoms with Crippen LogP contribution in [0.4, 0.5) is 5.69 Å². The largest absolute Gasteiger partial charge is 0.341 e. The molecule has 30 heavy (non-hydrogen) atoms. The predicted octanol–water partition coefficient (Wildman–Crippen LogP) is 4.03. The number of hydrogen-bond acceptors (Lipinski definition) is 7. The lowest BCUT2D eigenvalue weighted by molar-refractivity contribution is -0.384. The van der Waals surface area contributed by atoms with Crippen molar-refractivity contribution in [2.75, 3.05) is 0 Å². The van der Waals surface area contributed by atoms with Crippen LogP contribution in [0, 0.1) is 10.1 Å². The molecule has 10 heteroatoms. The highest BCUT2D eigenvalue weighted by Gasteiger charge is 2.22. The van der Waals surface area contributed by atoms with E-state index in [-0.39, 0.29) is 17.6 Å². The number of benzene rings is 1. The minimum atomic E-state index is -0.452. The van der Waals surface area contributed by atoms with Crippen molar-refractivity contribution in [1.82, 2.24) is 24.9 Å². The van der Waals surface area contributed by atoms with Gasteiger partial charge in [-0.15, -0.1) is 21.5 Å². The van der Waals surface area contributed by atoms with E-state index in [0.717, 1.165) is 17.6 Å². The molecule has 1 unspecified atom stereocenters. The van der Waals surface area contributed by atoms with Gasteiger partial charge in [0.1, 0.15) is 10.7 Å². The molecule has 4 aromatic rings. The first kappa shape index (κ1) is 19.6. The Hall–Kier alpha value is -3.66. The van der Waals surface area contributed by atoms with E-state index in [9.17, 15) is 14.9 Å². The van der Waals surface area contributed by atoms with Gasteiger partial charge >= 0.3 is 0 Å². The third-order valence-corrected chi connectivity index (χ3v) is 5.49. The van der Waals surface area contributed by atoms with E-state index < -0.39 is 4.92 Å². The first-order chi connectivity index (χ1) is 14.6. The third kappa shape index (κ3) is 3.90. The van der Waals surface area contributed by atoms with Crippen molar-refractivity contribution in [2.45, 2.75) is 25.8 Å². The monoisotopic (exact) mass is 422 g/mol. The highest BCUT2D eigenvalue weighted by atomic mass is 32.1. The van der Waals surface area contributed by atoms with Gasteiger partial charge in [0.05, 0.1) is 11.0 Å². The van der Waals surface area contributed by atoms with E-state index in [2.05, 4.69) is 20.5 Å². The lowest BCUT2D eigenvalue weighted by Crippen LogP contribution is -2.30. The van der Waals surface area contributed by atoms with Gasteiger partial charge < -0.3 is 5.32 Å². The van der Waals surface area contributed by atoms with Crippen molar-refractivity contribution >= 4 is 28.6 Å². The summed E-state index contributed by atoms with van der Waals surface area (Å²) in [6.45, 7) is 2.04. The number of nitro groups is 1. The number of nitrogens with one attached hydrogen (secondary N) is 1. The molecule has 1 atom stereocenters. The number of pyridine rings is 1. The molecule has 0 saturated heterocycles. The highest BCUT2D eigenvalue weighted by molar-refractivity contribution is 7.13. The topological polar surface area (TPSA) is 115 Å². The molecule has 152 valence electrons. The number of aromatic nitrogens is 4. The average Bonchev–Trinajstić information content (AvgIpc) is 3.41. The maximum Gasteiger partial charge on any atom is 0.271 e. The fourth-order valence-electron chi connectivity index (χ4n) is 3.12. The Morgan fingerprint density at radius 1 is 1.23 bits per heavy atom. The van der Waals surface area contributed by atoms with Gasteiger partial charge in [0.15, 0.2) is 11.5 Å². The van der Waals surface area contributed by atoms with Crippen molar-refractivity contribution in [1.29, 1.82) is 0 Å². The summed E-state index contributed by atoms with van der Waals surface area (Å²) in [5.74, 6) is 0.372. The summed E-state index contributed by atoms with van der Waals surface area (Å²) in [7, 11) is 0. The number of non-ortho nitro benzene ring substituents is 1. The number of carbonyl (C=O) groups is 1. The second-order valence-corrected chi connectivity index (χ2v) is 7.50. The number of nitrogens with zero attached hydrogens (tertiary/aromatic N) is 5. The van der Waals surface area contributed by atoms with Crippen LogP contribution in [0.5, 0.6) is 0 Å². The van der Waals surface area contributed by atoms with Crippen LogP contribution >= 0.6 is 11.3 Å². The molecule has 0 bridgehead atoms. The Balaban J connectivity index is 1.54. The fourth-order valence-corrected chi connectivity index (χ4v) is 3.93. The second-order valence-electron chi connectivity index (χ2n) is 6.64. The van der Waals surface area contributed by atoms with E-state index >= 15 is 0 Å². The molecular formula is C20H18N6O3S. The minimum absolute atomic E-state index is 0.0104. The van der Waals surface area contributed by atoms with E-state index in [0.29, 0.717) is 22.9 Å². The molecule has 3 aromatic heterocycles. The summed E-state index contributed by atoms with van der Waals surface area (Å²) in [5.41, 5.74) is 1.75. The van der Waals surface area contributed by atoms with Gasteiger partial charge in [0.2, 0.25) is 0 Å². The number of hydrogen-bond donors (Lipinski definition) is 1. The SMILES string of the molecule is CCCC(NC(=O)c1csc(-c2ccc([N+](=O)[O-])cc2)n1)c1nnc2ccccn12. The molecule has 9 nitrogen and oxygen atoms in total. The van der Waals surface area contributed by atoms with Crippen molar-refractivity contribution in [3.63, 3.8) is 0 Å². The molecule has 0 aliphatic carbocycles. The van der Waals surface area contributed by atoms with E-state index in [1.807, 2.05) is 35.7 Å². The molecule has 4 rings (SSSR count). The molecular weight excluding hydrogens is 404 g/mol. The standard InChI is InChI=1S/C20H18N6O3S/c1-2-5-15(18-24-23-17-6-3-4-11-25(17)18)21-19(27)16-12-30-20(22-16)13-7-9-14(10-8-13)26(28)29/h3-4,6-12,15H,2,5H2,1H3,(H,21,27). The Labute approximate surface area is 175 Å². The van der Waals surface area contributed by atoms with Gasteiger partial charge in [-0.3, -0.25) is 19.3 Å². The molecule has 0 spiro atoms. The molecule has 0 fully saturated rings. The van der Waals surface area contributed by atoms with E-state index in [1.54, 1.807) is 17.5 Å². The Kier molecular flexibility index (Phi) is 5.48. The first-order valence-electron chi connectivity index (χ1n) is 9.37. The third-order valence-electron chi connectivity index (χ3n) is 4.60. The Morgan fingerprint density at radius 2 is 2.03 bits per heavy atom. The molecule has 3 heterocycles. The average molecular weight is 422 g/mol. The zero-order chi connectivity index (χ0) is 21.1. The summed E-state index contributed by atoms with van der Waals surface area (Å²) in [4.78, 5) is 27.6. The maximum absolute atomic E-state index is 12.8. The molecule has 0 aliphatic heterocycles. The number of fused-ring (bicyclic) bond motifs is 1. The number of nitro benzene ring substituents is 1. The summed E-state index contributed by atoms with van der Waals surface area (Å²) in [5, 5.41) is 24.5. The van der Waals surface area contributed by atoms with Gasteiger partial charge in [-0.25, -0.2) is 4.98 Å². The van der Waals surface area contributed by atoms with E-state index in [4.69, 9.17) is 0 Å². The number of rotatable bonds is 7. The normalized spacial score (nSPS) is 12.0. The van der Waals surface area contributed by atoms with Gasteiger partial charge in [-0.1, -0.05) is 19.4 Å². The number of amides is 1. The van der Waals surface area contributed by atoms with Gasteiger partial charge in [0, 0.05) is 29.3 Å². The van der Waals surface area contributed by atoms with Crippen LogP contribution in [-0.4, -0.2) is 30.4 Å². The van der Waals surface area contributed by atoms with Gasteiger partial charge in [0.25, 0.3) is 11.6 Å². The molecule has 0 aliphatic rings. The first-order valence-corrected chi connectivity index (χ1v) is 10.3. The van der Waals surface area contributed by atoms with Gasteiger partial charge in [-0.05, 0) is 30.7 Å². The van der Waals surface area contributed by atoms with Crippen LogP contribution in [0.15, 0.2) is 54.0 Å². The molecule has 1 amide bonds. The predicted molar refractivity (Wildman–Crippen MR) is 112 cm³/mol. The van der Waals surface area contributed by atoms with Crippen LogP contribution in [0.2, 0.25) is 0 Å². The lowest BCUT2D eigenvalue weighted by Gasteiger charge is -2.15. The van der Waals surface area contributed by atoms with Crippen molar-refractivity contribution < 1.29 is 9.72 Å². The van der Waals surface area contributed by atoms with Gasteiger partial charge in [-0.2, -0.15) is 0 Å². The molecule has 1 N–H and O–H groups in total. The minimum Gasteiger partial charge on any atom is -0.341 e. The van der Waals surface area contributed by atoms with Crippen LogP contribution in [0.3, 0.4) is 0 Å². The lowest BCUT2D eigenvalue weighted by atomic mass is 10.1. The van der Waals surface area contributed by atoms with Crippen LogP contribution in [0.25, 0.3) is 16.2 Å². The zero-order valence-corrected chi connectivity index (χ0v) is 16.9. The van der Waals surface area contributed by atoms with Crippen LogP contribution in [-0.2, 0) is 0 Å². The van der Waals surface area contributed by atoms with Crippen molar-refractivity contribution in [3.05, 3.63) is 75.7 Å². The summed E-state index contributed by atoms with van der Waals surface area (Å²) in [6.07, 6.45) is 3.44. The van der Waals surface area contributed by atoms with Crippen molar-refractivity contribution in [3.8, 4) is 10.6 Å². The maximum atomic E-state index is 12.8. The Bertz CT molecular complexity index is 1200. The Morgan fingerprint density at radius 3 is 2.77 bits per heavy atom. The zero-order valence-electron chi connectivity index (χ0n) is 16.1. The van der Waals surface area contributed by atoms with Crippen LogP contribution < -0.4 is 5.32 Å². The molecule has 0 radical (unpaired) electrons. The quantitative estimate of drug-likeness (QED) is 0.355. The van der Waals surface area contributed by atoms with Crippen LogP contribution in [0.1, 0.15) is 42.1 Å².